The number of ether oxygens (including phenoxy) is 2. The van der Waals surface area contributed by atoms with Crippen LogP contribution in [-0.4, -0.2) is 63.4 Å². The topological polar surface area (TPSA) is 54.0 Å². The Balaban J connectivity index is 1.32. The largest absolute Gasteiger partial charge is 0.491 e. The highest BCUT2D eigenvalue weighted by atomic mass is 19.1. The third-order valence-electron chi connectivity index (χ3n) is 6.27. The summed E-state index contributed by atoms with van der Waals surface area (Å²) < 4.78 is 26.2. The van der Waals surface area contributed by atoms with E-state index >= 15 is 0 Å². The molecule has 2 aromatic carbocycles. The molecule has 2 heterocycles. The van der Waals surface area contributed by atoms with E-state index in [0.717, 1.165) is 39.0 Å². The van der Waals surface area contributed by atoms with Gasteiger partial charge in [-0.05, 0) is 82.2 Å². The molecule has 172 valence electrons. The first-order valence-corrected chi connectivity index (χ1v) is 11.4. The van der Waals surface area contributed by atoms with Gasteiger partial charge in [-0.25, -0.2) is 4.39 Å². The van der Waals surface area contributed by atoms with E-state index in [1.54, 1.807) is 36.4 Å². The molecule has 4 rings (SSSR count). The molecule has 0 aromatic heterocycles. The number of anilines is 2. The molecule has 2 atom stereocenters. The second-order valence-electron chi connectivity index (χ2n) is 8.80. The van der Waals surface area contributed by atoms with Gasteiger partial charge in [0.2, 0.25) is 0 Å². The normalized spacial score (nSPS) is 21.1. The molecule has 2 saturated heterocycles. The molecular formula is C25H32FN3O3. The number of amides is 1. The number of nitrogens with zero attached hydrogens (tertiary/aromatic N) is 2. The SMILES string of the molecule is CN(C)[C@@H]1CCN(c2ccc(NC(=O)c3ccc(OCC4CCCCO4)cc3)cc2F)C1. The van der Waals surface area contributed by atoms with E-state index in [4.69, 9.17) is 9.47 Å². The van der Waals surface area contributed by atoms with Gasteiger partial charge in [0.1, 0.15) is 18.2 Å². The average Bonchev–Trinajstić information content (AvgIpc) is 3.29. The minimum atomic E-state index is -0.323. The third-order valence-corrected chi connectivity index (χ3v) is 6.27. The van der Waals surface area contributed by atoms with Gasteiger partial charge >= 0.3 is 0 Å². The zero-order valence-electron chi connectivity index (χ0n) is 18.9. The molecule has 7 heteroatoms. The van der Waals surface area contributed by atoms with Gasteiger partial charge < -0.3 is 24.6 Å². The van der Waals surface area contributed by atoms with Crippen LogP contribution < -0.4 is 15.0 Å². The minimum absolute atomic E-state index is 0.138. The Morgan fingerprint density at radius 2 is 2.00 bits per heavy atom. The third kappa shape index (κ3) is 5.58. The standard InChI is InChI=1S/C25H32FN3O3/c1-28(2)20-12-13-29(16-20)24-11-8-19(15-23(24)26)27-25(30)18-6-9-21(10-7-18)32-17-22-5-3-4-14-31-22/h6-11,15,20,22H,3-5,12-14,16-17H2,1-2H3,(H,27,30)/t20-,22?/m1/s1. The van der Waals surface area contributed by atoms with Crippen LogP contribution >= 0.6 is 0 Å². The molecule has 0 aliphatic carbocycles. The van der Waals surface area contributed by atoms with Gasteiger partial charge in [0.25, 0.3) is 5.91 Å². The Morgan fingerprint density at radius 1 is 1.19 bits per heavy atom. The van der Waals surface area contributed by atoms with Crippen molar-refractivity contribution >= 4 is 17.3 Å². The smallest absolute Gasteiger partial charge is 0.255 e. The number of hydrogen-bond donors (Lipinski definition) is 1. The Morgan fingerprint density at radius 3 is 2.66 bits per heavy atom. The van der Waals surface area contributed by atoms with E-state index in [2.05, 4.69) is 15.1 Å². The van der Waals surface area contributed by atoms with Gasteiger partial charge in [-0.1, -0.05) is 0 Å². The number of nitrogens with one attached hydrogen (secondary N) is 1. The summed E-state index contributed by atoms with van der Waals surface area (Å²) in [5, 5.41) is 2.78. The van der Waals surface area contributed by atoms with Crippen molar-refractivity contribution in [3.8, 4) is 5.75 Å². The van der Waals surface area contributed by atoms with Gasteiger partial charge in [-0.2, -0.15) is 0 Å². The molecule has 6 nitrogen and oxygen atoms in total. The van der Waals surface area contributed by atoms with E-state index in [-0.39, 0.29) is 17.8 Å². The van der Waals surface area contributed by atoms with Crippen LogP contribution in [0.5, 0.6) is 5.75 Å². The molecule has 2 aliphatic rings. The molecule has 0 radical (unpaired) electrons. The molecule has 1 unspecified atom stereocenters. The van der Waals surface area contributed by atoms with Crippen molar-refractivity contribution in [2.45, 2.75) is 37.8 Å². The van der Waals surface area contributed by atoms with Gasteiger partial charge in [0, 0.05) is 37.0 Å². The summed E-state index contributed by atoms with van der Waals surface area (Å²) >= 11 is 0. The fourth-order valence-corrected chi connectivity index (χ4v) is 4.26. The van der Waals surface area contributed by atoms with Crippen molar-refractivity contribution < 1.29 is 18.7 Å². The summed E-state index contributed by atoms with van der Waals surface area (Å²) in [4.78, 5) is 16.8. The highest BCUT2D eigenvalue weighted by Gasteiger charge is 2.26. The summed E-state index contributed by atoms with van der Waals surface area (Å²) in [6.07, 6.45) is 4.45. The first kappa shape index (κ1) is 22.6. The maximum atomic E-state index is 14.7. The van der Waals surface area contributed by atoms with E-state index in [1.165, 1.54) is 12.5 Å². The Bertz CT molecular complexity index is 913. The summed E-state index contributed by atoms with van der Waals surface area (Å²) in [6.45, 7) is 2.94. The lowest BCUT2D eigenvalue weighted by atomic mass is 10.1. The molecule has 0 spiro atoms. The summed E-state index contributed by atoms with van der Waals surface area (Å²) in [5.74, 6) is 0.0943. The van der Waals surface area contributed by atoms with E-state index in [1.807, 2.05) is 14.1 Å². The fraction of sp³-hybridized carbons (Fsp3) is 0.480. The molecule has 0 bridgehead atoms. The van der Waals surface area contributed by atoms with Crippen LogP contribution in [0.4, 0.5) is 15.8 Å². The Kier molecular flexibility index (Phi) is 7.27. The number of rotatable bonds is 7. The number of benzene rings is 2. The van der Waals surface area contributed by atoms with Gasteiger partial charge in [-0.15, -0.1) is 0 Å². The molecule has 0 saturated carbocycles. The lowest BCUT2D eigenvalue weighted by Crippen LogP contribution is -2.31. The molecule has 1 N–H and O–H groups in total. The zero-order valence-corrected chi connectivity index (χ0v) is 18.9. The number of halogens is 1. The van der Waals surface area contributed by atoms with Crippen LogP contribution in [0.25, 0.3) is 0 Å². The van der Waals surface area contributed by atoms with Gasteiger partial charge in [0.05, 0.1) is 11.8 Å². The first-order chi connectivity index (χ1) is 15.5. The van der Waals surface area contributed by atoms with Crippen LogP contribution in [0.1, 0.15) is 36.0 Å². The molecule has 2 fully saturated rings. The van der Waals surface area contributed by atoms with Crippen LogP contribution in [0.15, 0.2) is 42.5 Å². The average molecular weight is 442 g/mol. The Labute approximate surface area is 189 Å². The van der Waals surface area contributed by atoms with E-state index in [0.29, 0.717) is 35.3 Å². The maximum Gasteiger partial charge on any atom is 0.255 e. The van der Waals surface area contributed by atoms with Crippen LogP contribution in [0, 0.1) is 5.82 Å². The first-order valence-electron chi connectivity index (χ1n) is 11.4. The maximum absolute atomic E-state index is 14.7. The molecule has 32 heavy (non-hydrogen) atoms. The number of likely N-dealkylation sites (N-methyl/N-ethyl adjacent to an activating group) is 1. The summed E-state index contributed by atoms with van der Waals surface area (Å²) in [7, 11) is 4.10. The number of hydrogen-bond acceptors (Lipinski definition) is 5. The molecule has 2 aromatic rings. The summed E-state index contributed by atoms with van der Waals surface area (Å²) in [6, 6.07) is 12.3. The monoisotopic (exact) mass is 441 g/mol. The highest BCUT2D eigenvalue weighted by molar-refractivity contribution is 6.04. The zero-order chi connectivity index (χ0) is 22.5. The lowest BCUT2D eigenvalue weighted by Gasteiger charge is -2.22. The van der Waals surface area contributed by atoms with Crippen molar-refractivity contribution in [2.75, 3.05) is 50.6 Å². The number of carbonyl (C=O) groups is 1. The van der Waals surface area contributed by atoms with Crippen molar-refractivity contribution in [2.24, 2.45) is 0 Å². The van der Waals surface area contributed by atoms with E-state index in [9.17, 15) is 9.18 Å². The lowest BCUT2D eigenvalue weighted by molar-refractivity contribution is -0.0110. The predicted octanol–water partition coefficient (Wildman–Crippen LogP) is 4.17. The van der Waals surface area contributed by atoms with Gasteiger partial charge in [-0.3, -0.25) is 4.79 Å². The predicted molar refractivity (Wildman–Crippen MR) is 124 cm³/mol. The number of carbonyl (C=O) groups excluding carboxylic acids is 1. The van der Waals surface area contributed by atoms with E-state index < -0.39 is 0 Å². The quantitative estimate of drug-likeness (QED) is 0.699. The van der Waals surface area contributed by atoms with Crippen LogP contribution in [0.3, 0.4) is 0 Å². The van der Waals surface area contributed by atoms with Gasteiger partial charge in [0.15, 0.2) is 0 Å². The molecule has 1 amide bonds. The summed E-state index contributed by atoms with van der Waals surface area (Å²) in [5.41, 5.74) is 1.51. The van der Waals surface area contributed by atoms with Crippen molar-refractivity contribution in [3.05, 3.63) is 53.8 Å². The fourth-order valence-electron chi connectivity index (χ4n) is 4.26. The van der Waals surface area contributed by atoms with Crippen molar-refractivity contribution in [1.29, 1.82) is 0 Å². The Hall–Kier alpha value is -2.64. The molecular weight excluding hydrogens is 409 g/mol. The van der Waals surface area contributed by atoms with Crippen molar-refractivity contribution in [3.63, 3.8) is 0 Å². The van der Waals surface area contributed by atoms with Crippen LogP contribution in [-0.2, 0) is 4.74 Å². The molecule has 2 aliphatic heterocycles. The second kappa shape index (κ2) is 10.3. The second-order valence-corrected chi connectivity index (χ2v) is 8.80. The van der Waals surface area contributed by atoms with Crippen LogP contribution in [0.2, 0.25) is 0 Å². The minimum Gasteiger partial charge on any atom is -0.491 e. The van der Waals surface area contributed by atoms with Crippen molar-refractivity contribution in [1.82, 2.24) is 4.90 Å². The highest BCUT2D eigenvalue weighted by Crippen LogP contribution is 2.27.